The third-order valence-corrected chi connectivity index (χ3v) is 15.0. The number of alkyl halides is 1. The van der Waals surface area contributed by atoms with Gasteiger partial charge in [0.15, 0.2) is 0 Å². The number of aryl methyl sites for hydroxylation is 8. The third kappa shape index (κ3) is 26.1. The highest BCUT2D eigenvalue weighted by molar-refractivity contribution is 9.08. The van der Waals surface area contributed by atoms with Gasteiger partial charge in [-0.1, -0.05) is 68.5 Å². The van der Waals surface area contributed by atoms with Gasteiger partial charge < -0.3 is 33.2 Å². The number of nitrogens with two attached hydrogens (primary N) is 1. The lowest BCUT2D eigenvalue weighted by Gasteiger charge is -2.14. The van der Waals surface area contributed by atoms with Crippen molar-refractivity contribution >= 4 is 43.5 Å². The van der Waals surface area contributed by atoms with Crippen LogP contribution in [0.25, 0.3) is 5.52 Å². The molecule has 5 heterocycles. The molecule has 5 aromatic heterocycles. The van der Waals surface area contributed by atoms with Gasteiger partial charge in [-0.3, -0.25) is 4.79 Å². The van der Waals surface area contributed by atoms with E-state index in [9.17, 15) is 62.5 Å². The van der Waals surface area contributed by atoms with Crippen molar-refractivity contribution in [3.05, 3.63) is 281 Å². The zero-order valence-electron chi connectivity index (χ0n) is 56.3. The Kier molecular flexibility index (Phi) is 33.2. The first-order valence-corrected chi connectivity index (χ1v) is 32.7. The first-order valence-electron chi connectivity index (χ1n) is 30.2. The molecule has 0 aliphatic rings. The van der Waals surface area contributed by atoms with Crippen LogP contribution in [0.3, 0.4) is 0 Å². The number of esters is 2. The Morgan fingerprint density at radius 3 is 1.49 bits per heavy atom. The Balaban J connectivity index is 0.000000258. The number of fused-ring (bicyclic) bond motifs is 1. The molecule has 0 unspecified atom stereocenters. The summed E-state index contributed by atoms with van der Waals surface area (Å²) in [6.45, 7) is 19.3. The molecule has 10 rings (SSSR count). The first kappa shape index (κ1) is 82.0. The van der Waals surface area contributed by atoms with Crippen LogP contribution in [-0.4, -0.2) is 57.7 Å². The number of aromatic nitrogens is 5. The summed E-state index contributed by atoms with van der Waals surface area (Å²) in [5.41, 5.74) is 6.75. The molecule has 0 bridgehead atoms. The quantitative estimate of drug-likeness (QED) is 0.0151. The van der Waals surface area contributed by atoms with Gasteiger partial charge in [-0.2, -0.15) is 9.61 Å². The average Bonchev–Trinajstić information content (AvgIpc) is 1.61. The topological polar surface area (TPSA) is 230 Å². The Hall–Kier alpha value is -10.4. The standard InChI is InChI=1S/C19H18F2N2O3.C13H13F2N2O.C13H11F2NO.C9H12O3S.C7H5BrF2.C6H7NO.C6H8O2/c1-4-25-19(24)18-12(3)22-23-16(18)8-11(2)9-17(23)26-10-13-14(20)6-5-7-15(13)21;1-9-5-6-17(16)13(7-9)18-8-10-11(14)3-2-4-12(10)15;1-9-5-6-16-13(7-9)17-8-10-11(14)3-2-4-12(10)15;1-6-4-7(2)9(8(3)5-6)13(10,11)12;8-4-5-6(9)2-1-3-7(5)10;1-5-2-3-7-6(8)4-5;1-3-5-6(7)8-4-2/h5-9H,4,10H2,1-3H3;2-7H,8,16H2,1H3;2-7H,8H2,1H3;4-5H,1-3H3,(H,10,11,12);1-3H,4H2;2-4H,1H3,(H,7,8);4H2,1-2H3/q;+1;;;;;/p-1. The summed E-state index contributed by atoms with van der Waals surface area (Å²) >= 11 is 2.98. The Morgan fingerprint density at radius 2 is 1.06 bits per heavy atom. The number of pyridine rings is 4. The van der Waals surface area contributed by atoms with Crippen molar-refractivity contribution in [3.8, 4) is 29.5 Å². The van der Waals surface area contributed by atoms with E-state index in [-0.39, 0.29) is 70.3 Å². The molecular weight excluding hydrogens is 1400 g/mol. The lowest BCUT2D eigenvalue weighted by atomic mass is 10.1. The molecule has 27 heteroatoms. The lowest BCUT2D eigenvalue weighted by Crippen LogP contribution is -2.45. The highest BCUT2D eigenvalue weighted by Gasteiger charge is 2.22. The molecule has 0 spiro atoms. The lowest BCUT2D eigenvalue weighted by molar-refractivity contribution is -0.645. The predicted molar refractivity (Wildman–Crippen MR) is 363 cm³/mol. The van der Waals surface area contributed by atoms with Crippen LogP contribution in [0.5, 0.6) is 17.6 Å². The minimum Gasteiger partial charge on any atom is -0.744 e. The monoisotopic (exact) mass is 1470 g/mol. The molecule has 530 valence electrons. The molecule has 0 amide bonds. The second kappa shape index (κ2) is 40.5. The molecule has 0 saturated carbocycles. The minimum absolute atomic E-state index is 0.0370. The van der Waals surface area contributed by atoms with Gasteiger partial charge in [-0.05, 0) is 176 Å². The number of nitrogens with zero attached hydrogens (tertiary/aromatic N) is 4. The number of ether oxygens (including phenoxy) is 5. The number of carbonyl (C=O) groups excluding carboxylic acids is 2. The van der Waals surface area contributed by atoms with Crippen LogP contribution in [0.4, 0.5) is 35.1 Å². The summed E-state index contributed by atoms with van der Waals surface area (Å²) in [6, 6.07) is 32.1. The second-order valence-corrected chi connectivity index (χ2v) is 23.2. The van der Waals surface area contributed by atoms with Crippen LogP contribution in [-0.2, 0) is 49.5 Å². The summed E-state index contributed by atoms with van der Waals surface area (Å²) in [7, 11) is -4.33. The number of nitrogens with one attached hydrogen (secondary N) is 1. The summed E-state index contributed by atoms with van der Waals surface area (Å²) in [5, 5.41) is 4.53. The fourth-order valence-electron chi connectivity index (χ4n) is 8.70. The molecule has 0 aliphatic carbocycles. The molecule has 17 nitrogen and oxygen atoms in total. The highest BCUT2D eigenvalue weighted by Crippen LogP contribution is 2.27. The maximum absolute atomic E-state index is 13.8. The van der Waals surface area contributed by atoms with Crippen LogP contribution < -0.4 is 30.3 Å². The Morgan fingerprint density at radius 1 is 0.600 bits per heavy atom. The molecule has 5 aromatic carbocycles. The predicted octanol–water partition coefficient (Wildman–Crippen LogP) is 14.7. The maximum Gasteiger partial charge on any atom is 0.397 e. The molecule has 0 saturated heterocycles. The van der Waals surface area contributed by atoms with Gasteiger partial charge in [0.2, 0.25) is 23.5 Å². The van der Waals surface area contributed by atoms with Crippen molar-refractivity contribution in [1.82, 2.24) is 19.6 Å². The van der Waals surface area contributed by atoms with E-state index < -0.39 is 68.6 Å². The van der Waals surface area contributed by atoms with Gasteiger partial charge in [0.05, 0.1) is 52.1 Å². The Labute approximate surface area is 582 Å². The molecule has 0 aliphatic heterocycles. The third-order valence-electron chi connectivity index (χ3n) is 13.3. The number of hydrogen-bond acceptors (Lipinski definition) is 14. The van der Waals surface area contributed by atoms with E-state index in [4.69, 9.17) is 24.8 Å². The molecule has 100 heavy (non-hydrogen) atoms. The number of benzene rings is 5. The second-order valence-electron chi connectivity index (χ2n) is 21.3. The zero-order valence-corrected chi connectivity index (χ0v) is 58.7. The van der Waals surface area contributed by atoms with Crippen LogP contribution in [0, 0.1) is 114 Å². The van der Waals surface area contributed by atoms with E-state index in [0.29, 0.717) is 46.3 Å². The van der Waals surface area contributed by atoms with E-state index in [2.05, 4.69) is 47.6 Å². The number of hydrogen-bond donors (Lipinski definition) is 2. The summed E-state index contributed by atoms with van der Waals surface area (Å²) in [6.07, 6.45) is 4.84. The van der Waals surface area contributed by atoms with E-state index >= 15 is 0 Å². The summed E-state index contributed by atoms with van der Waals surface area (Å²) in [4.78, 5) is 39.3. The highest BCUT2D eigenvalue weighted by atomic mass is 79.9. The van der Waals surface area contributed by atoms with Crippen LogP contribution in [0.15, 0.2) is 162 Å². The number of H-pyrrole nitrogens is 1. The van der Waals surface area contributed by atoms with Crippen LogP contribution in [0.1, 0.15) is 98.0 Å². The van der Waals surface area contributed by atoms with Crippen LogP contribution >= 0.6 is 15.9 Å². The summed E-state index contributed by atoms with van der Waals surface area (Å²) in [5.74, 6) is 5.49. The van der Waals surface area contributed by atoms with Gasteiger partial charge in [-0.25, -0.2) is 64.0 Å². The van der Waals surface area contributed by atoms with Crippen molar-refractivity contribution in [2.75, 3.05) is 19.1 Å². The molecule has 0 fully saturated rings. The van der Waals surface area contributed by atoms with Crippen molar-refractivity contribution < 1.29 is 86.0 Å². The molecule has 10 aromatic rings. The molecule has 0 radical (unpaired) electrons. The number of rotatable bonds is 14. The molecule has 3 N–H and O–H groups in total. The Bertz CT molecular complexity index is 4560. The van der Waals surface area contributed by atoms with E-state index in [0.717, 1.165) is 27.8 Å². The normalized spacial score (nSPS) is 10.2. The average molecular weight is 1470 g/mol. The number of halogens is 9. The fourth-order valence-corrected chi connectivity index (χ4v) is 10.1. The largest absolute Gasteiger partial charge is 0.744 e. The summed E-state index contributed by atoms with van der Waals surface area (Å²) < 4.78 is 167. The van der Waals surface area contributed by atoms with Crippen LogP contribution in [0.2, 0.25) is 0 Å². The number of aromatic amines is 1. The molecule has 0 atom stereocenters. The zero-order chi connectivity index (χ0) is 74.4. The smallest absolute Gasteiger partial charge is 0.397 e. The van der Waals surface area contributed by atoms with Gasteiger partial charge >= 0.3 is 17.8 Å². The van der Waals surface area contributed by atoms with Gasteiger partial charge in [0.1, 0.15) is 82.0 Å². The number of carbonyl (C=O) groups is 2. The first-order chi connectivity index (χ1) is 47.3. The SMILES string of the molecule is CC#CC(=O)OCC.CCOC(=O)c1c(C)nn2c(OCc3c(F)cccc3F)cc(C)cc12.Cc1cc(C)c(S(=O)(=O)[O-])c(C)c1.Cc1cc[n+](N)c(OCc2c(F)cccc2F)c1.Cc1cc[nH]c(=O)c1.Cc1ccnc(OCc2c(F)cccc2F)c1.Fc1cccc(F)c1CBr. The van der Waals surface area contributed by atoms with E-state index in [1.165, 1.54) is 82.0 Å². The van der Waals surface area contributed by atoms with Crippen molar-refractivity contribution in [3.63, 3.8) is 0 Å². The molecular formula is C73H73BrF8N6O11S. The fraction of sp³-hybridized carbons (Fsp3) is 0.233. The van der Waals surface area contributed by atoms with Crippen molar-refractivity contribution in [2.45, 2.75) is 106 Å². The van der Waals surface area contributed by atoms with Gasteiger partial charge in [0.25, 0.3) is 0 Å². The van der Waals surface area contributed by atoms with E-state index in [1.54, 1.807) is 109 Å². The van der Waals surface area contributed by atoms with Gasteiger partial charge in [-0.15, -0.1) is 0 Å². The van der Waals surface area contributed by atoms with E-state index in [1.807, 2.05) is 46.8 Å². The minimum atomic E-state index is -4.33. The van der Waals surface area contributed by atoms with Crippen molar-refractivity contribution in [2.24, 2.45) is 0 Å². The van der Waals surface area contributed by atoms with Crippen molar-refractivity contribution in [1.29, 1.82) is 0 Å². The number of nitrogen functional groups attached to an aromatic ring is 1. The van der Waals surface area contributed by atoms with Gasteiger partial charge in [0, 0.05) is 53.5 Å². The maximum atomic E-state index is 13.8.